The monoisotopic (exact) mass is 269 g/mol. The van der Waals surface area contributed by atoms with Gasteiger partial charge in [0.05, 0.1) is 18.6 Å². The zero-order valence-electron chi connectivity index (χ0n) is 12.2. The lowest BCUT2D eigenvalue weighted by atomic mass is 9.67. The van der Waals surface area contributed by atoms with E-state index in [1.54, 1.807) is 7.11 Å². The summed E-state index contributed by atoms with van der Waals surface area (Å²) in [5.41, 5.74) is 0.417. The molecule has 0 N–H and O–H groups in total. The molecule has 0 bridgehead atoms. The molecule has 1 aliphatic carbocycles. The van der Waals surface area contributed by atoms with E-state index < -0.39 is 0 Å². The van der Waals surface area contributed by atoms with Crippen LogP contribution >= 0.6 is 11.8 Å². The first-order chi connectivity index (χ1) is 8.55. The Labute approximate surface area is 116 Å². The van der Waals surface area contributed by atoms with Gasteiger partial charge in [0.2, 0.25) is 0 Å². The van der Waals surface area contributed by atoms with Crippen LogP contribution in [0.15, 0.2) is 0 Å². The van der Waals surface area contributed by atoms with Gasteiger partial charge < -0.3 is 4.74 Å². The SMILES string of the molecule is CCC(C)(C)C1CCC(C#N)C(SCCOC)C1. The fourth-order valence-electron chi connectivity index (χ4n) is 2.74. The Morgan fingerprint density at radius 2 is 2.11 bits per heavy atom. The first-order valence-electron chi connectivity index (χ1n) is 7.05. The molecule has 3 atom stereocenters. The van der Waals surface area contributed by atoms with E-state index in [-0.39, 0.29) is 5.92 Å². The lowest BCUT2D eigenvalue weighted by Crippen LogP contribution is -2.34. The Kier molecular flexibility index (Phi) is 6.52. The van der Waals surface area contributed by atoms with E-state index >= 15 is 0 Å². The van der Waals surface area contributed by atoms with Crippen molar-refractivity contribution < 1.29 is 4.74 Å². The Bertz CT molecular complexity index is 285. The second kappa shape index (κ2) is 7.40. The molecule has 1 rings (SSSR count). The fraction of sp³-hybridized carbons (Fsp3) is 0.933. The molecule has 0 radical (unpaired) electrons. The van der Waals surface area contributed by atoms with Gasteiger partial charge >= 0.3 is 0 Å². The number of rotatable bonds is 6. The van der Waals surface area contributed by atoms with E-state index in [0.717, 1.165) is 24.7 Å². The van der Waals surface area contributed by atoms with Gasteiger partial charge in [-0.3, -0.25) is 0 Å². The van der Waals surface area contributed by atoms with Crippen LogP contribution in [-0.4, -0.2) is 24.7 Å². The summed E-state index contributed by atoms with van der Waals surface area (Å²) in [6, 6.07) is 2.51. The summed E-state index contributed by atoms with van der Waals surface area (Å²) in [5.74, 6) is 2.03. The molecule has 0 aliphatic heterocycles. The van der Waals surface area contributed by atoms with Crippen LogP contribution < -0.4 is 0 Å². The third-order valence-electron chi connectivity index (χ3n) is 4.59. The minimum Gasteiger partial charge on any atom is -0.384 e. The summed E-state index contributed by atoms with van der Waals surface area (Å²) in [5, 5.41) is 9.78. The predicted octanol–water partition coefficient (Wildman–Crippen LogP) is 4.11. The van der Waals surface area contributed by atoms with Crippen molar-refractivity contribution in [2.24, 2.45) is 17.3 Å². The maximum Gasteiger partial charge on any atom is 0.0667 e. The van der Waals surface area contributed by atoms with E-state index in [0.29, 0.717) is 10.7 Å². The molecule has 0 heterocycles. The van der Waals surface area contributed by atoms with Gasteiger partial charge in [0.15, 0.2) is 0 Å². The third kappa shape index (κ3) is 4.17. The molecule has 0 aromatic carbocycles. The van der Waals surface area contributed by atoms with Crippen molar-refractivity contribution >= 4 is 11.8 Å². The van der Waals surface area contributed by atoms with Gasteiger partial charge in [-0.2, -0.15) is 17.0 Å². The Hall–Kier alpha value is -0.200. The van der Waals surface area contributed by atoms with Gasteiger partial charge in [-0.15, -0.1) is 0 Å². The molecule has 3 unspecified atom stereocenters. The first kappa shape index (κ1) is 15.9. The third-order valence-corrected chi connectivity index (χ3v) is 5.94. The van der Waals surface area contributed by atoms with E-state index in [9.17, 15) is 5.26 Å². The highest BCUT2D eigenvalue weighted by Gasteiger charge is 2.37. The molecule has 1 fully saturated rings. The smallest absolute Gasteiger partial charge is 0.0667 e. The second-order valence-electron chi connectivity index (χ2n) is 5.99. The minimum atomic E-state index is 0.246. The average molecular weight is 269 g/mol. The maximum absolute atomic E-state index is 9.27. The number of nitrogens with zero attached hydrogens (tertiary/aromatic N) is 1. The summed E-state index contributed by atoms with van der Waals surface area (Å²) in [7, 11) is 1.74. The van der Waals surface area contributed by atoms with Crippen molar-refractivity contribution in [1.82, 2.24) is 0 Å². The molecule has 18 heavy (non-hydrogen) atoms. The van der Waals surface area contributed by atoms with Gasteiger partial charge in [-0.05, 0) is 30.6 Å². The minimum absolute atomic E-state index is 0.246. The molecular weight excluding hydrogens is 242 g/mol. The van der Waals surface area contributed by atoms with E-state index in [2.05, 4.69) is 26.8 Å². The zero-order chi connectivity index (χ0) is 13.6. The van der Waals surface area contributed by atoms with Crippen LogP contribution in [-0.2, 0) is 4.74 Å². The molecular formula is C15H27NOS. The summed E-state index contributed by atoms with van der Waals surface area (Å²) in [4.78, 5) is 0. The molecule has 2 nitrogen and oxygen atoms in total. The largest absolute Gasteiger partial charge is 0.384 e. The molecule has 1 saturated carbocycles. The normalized spacial score (nSPS) is 28.9. The molecule has 0 aromatic heterocycles. The Morgan fingerprint density at radius 1 is 1.39 bits per heavy atom. The van der Waals surface area contributed by atoms with Crippen molar-refractivity contribution in [2.75, 3.05) is 19.5 Å². The van der Waals surface area contributed by atoms with Crippen LogP contribution in [0.3, 0.4) is 0 Å². The second-order valence-corrected chi connectivity index (χ2v) is 7.34. The Balaban J connectivity index is 2.58. The van der Waals surface area contributed by atoms with Crippen LogP contribution in [0.2, 0.25) is 0 Å². The van der Waals surface area contributed by atoms with Gasteiger partial charge in [-0.25, -0.2) is 0 Å². The van der Waals surface area contributed by atoms with E-state index in [1.165, 1.54) is 19.3 Å². The standard InChI is InChI=1S/C15H27NOS/c1-5-15(2,3)13-7-6-12(11-16)14(10-13)18-9-8-17-4/h12-14H,5-10H2,1-4H3. The van der Waals surface area contributed by atoms with Crippen LogP contribution in [0.1, 0.15) is 46.5 Å². The molecule has 1 aliphatic rings. The number of hydrogen-bond acceptors (Lipinski definition) is 3. The van der Waals surface area contributed by atoms with Crippen LogP contribution in [0, 0.1) is 28.6 Å². The quantitative estimate of drug-likeness (QED) is 0.680. The van der Waals surface area contributed by atoms with Crippen molar-refractivity contribution in [3.05, 3.63) is 0 Å². The number of methoxy groups -OCH3 is 1. The fourth-order valence-corrected chi connectivity index (χ4v) is 4.11. The number of thioether (sulfide) groups is 1. The first-order valence-corrected chi connectivity index (χ1v) is 8.10. The highest BCUT2D eigenvalue weighted by molar-refractivity contribution is 7.99. The van der Waals surface area contributed by atoms with Crippen LogP contribution in [0.4, 0.5) is 0 Å². The summed E-state index contributed by atoms with van der Waals surface area (Å²) in [6.07, 6.45) is 4.73. The number of ether oxygens (including phenoxy) is 1. The molecule has 0 saturated heterocycles. The summed E-state index contributed by atoms with van der Waals surface area (Å²) >= 11 is 1.94. The van der Waals surface area contributed by atoms with Gasteiger partial charge in [0.1, 0.15) is 0 Å². The maximum atomic E-state index is 9.27. The highest BCUT2D eigenvalue weighted by atomic mass is 32.2. The topological polar surface area (TPSA) is 33.0 Å². The number of hydrogen-bond donors (Lipinski definition) is 0. The molecule has 0 spiro atoms. The number of nitriles is 1. The van der Waals surface area contributed by atoms with Gasteiger partial charge in [0.25, 0.3) is 0 Å². The summed E-state index contributed by atoms with van der Waals surface area (Å²) < 4.78 is 5.11. The zero-order valence-corrected chi connectivity index (χ0v) is 13.1. The van der Waals surface area contributed by atoms with Crippen LogP contribution in [0.5, 0.6) is 0 Å². The Morgan fingerprint density at radius 3 is 2.67 bits per heavy atom. The predicted molar refractivity (Wildman–Crippen MR) is 78.6 cm³/mol. The van der Waals surface area contributed by atoms with Gasteiger partial charge in [-0.1, -0.05) is 27.2 Å². The van der Waals surface area contributed by atoms with E-state index in [1.807, 2.05) is 11.8 Å². The highest BCUT2D eigenvalue weighted by Crippen LogP contribution is 2.45. The van der Waals surface area contributed by atoms with E-state index in [4.69, 9.17) is 4.74 Å². The molecule has 0 amide bonds. The van der Waals surface area contributed by atoms with Crippen molar-refractivity contribution in [3.63, 3.8) is 0 Å². The molecule has 104 valence electrons. The van der Waals surface area contributed by atoms with Crippen molar-refractivity contribution in [1.29, 1.82) is 5.26 Å². The van der Waals surface area contributed by atoms with Crippen molar-refractivity contribution in [2.45, 2.75) is 51.7 Å². The summed E-state index contributed by atoms with van der Waals surface area (Å²) in [6.45, 7) is 7.83. The molecule has 0 aromatic rings. The van der Waals surface area contributed by atoms with Gasteiger partial charge in [0, 0.05) is 18.1 Å². The molecule has 3 heteroatoms. The lowest BCUT2D eigenvalue weighted by molar-refractivity contribution is 0.143. The lowest BCUT2D eigenvalue weighted by Gasteiger charge is -2.41. The van der Waals surface area contributed by atoms with Crippen LogP contribution in [0.25, 0.3) is 0 Å². The average Bonchev–Trinajstić information content (AvgIpc) is 2.39. The van der Waals surface area contributed by atoms with Crippen molar-refractivity contribution in [3.8, 4) is 6.07 Å².